The van der Waals surface area contributed by atoms with Crippen molar-refractivity contribution in [2.24, 2.45) is 0 Å². The number of aromatic hydroxyl groups is 1. The summed E-state index contributed by atoms with van der Waals surface area (Å²) in [6, 6.07) is 11.5. The van der Waals surface area contributed by atoms with Gasteiger partial charge in [0.1, 0.15) is 5.75 Å². The fourth-order valence-corrected chi connectivity index (χ4v) is 4.11. The van der Waals surface area contributed by atoms with E-state index in [1.165, 1.54) is 16.7 Å². The molecule has 2 aromatic rings. The molecule has 0 bridgehead atoms. The smallest absolute Gasteiger partial charge is 0.338 e. The number of thioether (sulfide) groups is 1. The minimum absolute atomic E-state index is 0.126. The molecule has 0 saturated carbocycles. The molecular formula is C19H14BrNO4S2. The van der Waals surface area contributed by atoms with Gasteiger partial charge in [-0.15, -0.1) is 0 Å². The fraction of sp³-hybridized carbons (Fsp3) is 0.105. The summed E-state index contributed by atoms with van der Waals surface area (Å²) in [6.07, 6.45) is 1.72. The molecule has 1 heterocycles. The number of ether oxygens (including phenoxy) is 1. The number of carbonyl (C=O) groups excluding carboxylic acids is 2. The molecule has 1 saturated heterocycles. The number of nitrogens with zero attached hydrogens (tertiary/aromatic N) is 1. The van der Waals surface area contributed by atoms with Gasteiger partial charge in [0.2, 0.25) is 0 Å². The number of carbonyl (C=O) groups is 2. The van der Waals surface area contributed by atoms with E-state index in [2.05, 4.69) is 15.9 Å². The predicted molar refractivity (Wildman–Crippen MR) is 114 cm³/mol. The Hall–Kier alpha value is -2.16. The van der Waals surface area contributed by atoms with Crippen LogP contribution in [-0.4, -0.2) is 27.9 Å². The first-order chi connectivity index (χ1) is 12.9. The molecule has 27 heavy (non-hydrogen) atoms. The summed E-state index contributed by atoms with van der Waals surface area (Å²) in [7, 11) is 0. The van der Waals surface area contributed by atoms with E-state index in [0.717, 1.165) is 5.56 Å². The van der Waals surface area contributed by atoms with Crippen molar-refractivity contribution in [1.82, 2.24) is 0 Å². The Labute approximate surface area is 174 Å². The van der Waals surface area contributed by atoms with E-state index in [0.29, 0.717) is 31.6 Å². The van der Waals surface area contributed by atoms with Crippen molar-refractivity contribution in [2.75, 3.05) is 11.5 Å². The first-order valence-electron chi connectivity index (χ1n) is 7.94. The van der Waals surface area contributed by atoms with Gasteiger partial charge in [-0.05, 0) is 70.9 Å². The molecule has 1 aliphatic heterocycles. The minimum atomic E-state index is -0.410. The number of anilines is 1. The maximum absolute atomic E-state index is 12.8. The SMILES string of the molecule is CCOC(=O)c1ccc(N2C(=O)/C(=C\c3ccc(O)c(Br)c3)SC2=S)cc1. The number of esters is 1. The normalized spacial score (nSPS) is 15.5. The van der Waals surface area contributed by atoms with Crippen molar-refractivity contribution >= 4 is 67.9 Å². The molecule has 0 aliphatic carbocycles. The first kappa shape index (κ1) is 19.6. The third kappa shape index (κ3) is 4.23. The van der Waals surface area contributed by atoms with Gasteiger partial charge in [0.05, 0.1) is 27.2 Å². The van der Waals surface area contributed by atoms with Gasteiger partial charge in [0, 0.05) is 0 Å². The quantitative estimate of drug-likeness (QED) is 0.401. The van der Waals surface area contributed by atoms with Gasteiger partial charge in [-0.3, -0.25) is 9.69 Å². The summed E-state index contributed by atoms with van der Waals surface area (Å²) in [5.41, 5.74) is 1.76. The molecule has 138 valence electrons. The molecule has 8 heteroatoms. The summed E-state index contributed by atoms with van der Waals surface area (Å²) in [4.78, 5) is 26.4. The highest BCUT2D eigenvalue weighted by Crippen LogP contribution is 2.36. The number of thiocarbonyl (C=S) groups is 1. The number of hydrogen-bond donors (Lipinski definition) is 1. The summed E-state index contributed by atoms with van der Waals surface area (Å²) < 4.78 is 5.91. The lowest BCUT2D eigenvalue weighted by atomic mass is 10.2. The Bertz CT molecular complexity index is 957. The molecule has 1 N–H and O–H groups in total. The lowest BCUT2D eigenvalue weighted by molar-refractivity contribution is -0.113. The van der Waals surface area contributed by atoms with Crippen LogP contribution in [0.15, 0.2) is 51.8 Å². The second-order valence-corrected chi connectivity index (χ2v) is 8.03. The number of rotatable bonds is 4. The second kappa shape index (κ2) is 8.24. The van der Waals surface area contributed by atoms with Crippen molar-refractivity contribution in [1.29, 1.82) is 0 Å². The molecule has 2 aromatic carbocycles. The van der Waals surface area contributed by atoms with Gasteiger partial charge in [-0.25, -0.2) is 4.79 Å². The predicted octanol–water partition coefficient (Wildman–Crippen LogP) is 4.74. The van der Waals surface area contributed by atoms with Crippen molar-refractivity contribution in [3.05, 3.63) is 63.0 Å². The number of phenolic OH excluding ortho intramolecular Hbond substituents is 1. The zero-order valence-corrected chi connectivity index (χ0v) is 17.4. The lowest BCUT2D eigenvalue weighted by Crippen LogP contribution is -2.27. The number of halogens is 1. The molecule has 0 aromatic heterocycles. The van der Waals surface area contributed by atoms with Crippen molar-refractivity contribution in [2.45, 2.75) is 6.92 Å². The van der Waals surface area contributed by atoms with E-state index < -0.39 is 5.97 Å². The second-order valence-electron chi connectivity index (χ2n) is 5.50. The largest absolute Gasteiger partial charge is 0.507 e. The minimum Gasteiger partial charge on any atom is -0.507 e. The summed E-state index contributed by atoms with van der Waals surface area (Å²) in [5.74, 6) is -0.522. The van der Waals surface area contributed by atoms with Crippen LogP contribution in [0.3, 0.4) is 0 Å². The third-order valence-corrected chi connectivity index (χ3v) is 5.64. The summed E-state index contributed by atoms with van der Waals surface area (Å²) in [5, 5.41) is 9.58. The molecule has 0 radical (unpaired) electrons. The topological polar surface area (TPSA) is 66.8 Å². The fourth-order valence-electron chi connectivity index (χ4n) is 2.42. The van der Waals surface area contributed by atoms with Crippen LogP contribution < -0.4 is 4.90 Å². The first-order valence-corrected chi connectivity index (χ1v) is 9.96. The van der Waals surface area contributed by atoms with Crippen LogP contribution in [-0.2, 0) is 9.53 Å². The number of hydrogen-bond acceptors (Lipinski definition) is 6. The van der Waals surface area contributed by atoms with Crippen molar-refractivity contribution in [3.63, 3.8) is 0 Å². The number of amides is 1. The lowest BCUT2D eigenvalue weighted by Gasteiger charge is -2.14. The summed E-state index contributed by atoms with van der Waals surface area (Å²) in [6.45, 7) is 2.04. The van der Waals surface area contributed by atoms with E-state index >= 15 is 0 Å². The molecule has 0 spiro atoms. The van der Waals surface area contributed by atoms with Crippen LogP contribution in [0.2, 0.25) is 0 Å². The molecule has 1 fully saturated rings. The van der Waals surface area contributed by atoms with Gasteiger partial charge >= 0.3 is 5.97 Å². The maximum atomic E-state index is 12.8. The highest BCUT2D eigenvalue weighted by atomic mass is 79.9. The molecular weight excluding hydrogens is 450 g/mol. The number of benzene rings is 2. The van der Waals surface area contributed by atoms with Crippen molar-refractivity contribution in [3.8, 4) is 5.75 Å². The van der Waals surface area contributed by atoms with E-state index in [9.17, 15) is 14.7 Å². The Morgan fingerprint density at radius 1 is 1.30 bits per heavy atom. The monoisotopic (exact) mass is 463 g/mol. The Morgan fingerprint density at radius 3 is 2.63 bits per heavy atom. The Balaban J connectivity index is 1.84. The molecule has 0 unspecified atom stereocenters. The van der Waals surface area contributed by atoms with E-state index in [4.69, 9.17) is 17.0 Å². The molecule has 1 aliphatic rings. The van der Waals surface area contributed by atoms with Gasteiger partial charge in [-0.1, -0.05) is 30.0 Å². The maximum Gasteiger partial charge on any atom is 0.338 e. The van der Waals surface area contributed by atoms with E-state index in [1.54, 1.807) is 55.5 Å². The van der Waals surface area contributed by atoms with Gasteiger partial charge < -0.3 is 9.84 Å². The van der Waals surface area contributed by atoms with Crippen LogP contribution >= 0.6 is 39.9 Å². The highest BCUT2D eigenvalue weighted by molar-refractivity contribution is 9.10. The standard InChI is InChI=1S/C19H14BrNO4S2/c1-2-25-18(24)12-4-6-13(7-5-12)21-17(23)16(27-19(21)26)10-11-3-8-15(22)14(20)9-11/h3-10,22H,2H2,1H3/b16-10+. The zero-order valence-electron chi connectivity index (χ0n) is 14.1. The Kier molecular flexibility index (Phi) is 5.98. The average molecular weight is 464 g/mol. The van der Waals surface area contributed by atoms with Gasteiger partial charge in [0.25, 0.3) is 5.91 Å². The number of phenols is 1. The highest BCUT2D eigenvalue weighted by Gasteiger charge is 2.33. The molecule has 0 atom stereocenters. The zero-order chi connectivity index (χ0) is 19.6. The average Bonchev–Trinajstić information content (AvgIpc) is 2.92. The van der Waals surface area contributed by atoms with Gasteiger partial charge in [-0.2, -0.15) is 0 Å². The summed E-state index contributed by atoms with van der Waals surface area (Å²) >= 11 is 9.81. The third-order valence-electron chi connectivity index (χ3n) is 3.70. The van der Waals surface area contributed by atoms with Crippen LogP contribution in [0.1, 0.15) is 22.8 Å². The van der Waals surface area contributed by atoms with Crippen LogP contribution in [0, 0.1) is 0 Å². The van der Waals surface area contributed by atoms with E-state index in [-0.39, 0.29) is 11.7 Å². The van der Waals surface area contributed by atoms with Crippen LogP contribution in [0.5, 0.6) is 5.75 Å². The molecule has 5 nitrogen and oxygen atoms in total. The van der Waals surface area contributed by atoms with Crippen LogP contribution in [0.25, 0.3) is 6.08 Å². The van der Waals surface area contributed by atoms with Gasteiger partial charge in [0.15, 0.2) is 4.32 Å². The molecule has 3 rings (SSSR count). The van der Waals surface area contributed by atoms with Crippen LogP contribution in [0.4, 0.5) is 5.69 Å². The van der Waals surface area contributed by atoms with E-state index in [1.807, 2.05) is 0 Å². The van der Waals surface area contributed by atoms with Crippen molar-refractivity contribution < 1.29 is 19.4 Å². The Morgan fingerprint density at radius 2 is 2.00 bits per heavy atom. The molecule has 1 amide bonds.